The van der Waals surface area contributed by atoms with Crippen LogP contribution < -0.4 is 0 Å². The van der Waals surface area contributed by atoms with Crippen molar-refractivity contribution < 1.29 is 8.78 Å². The van der Waals surface area contributed by atoms with Crippen molar-refractivity contribution >= 4 is 0 Å². The van der Waals surface area contributed by atoms with E-state index in [4.69, 9.17) is 0 Å². The minimum absolute atomic E-state index is 0.104. The summed E-state index contributed by atoms with van der Waals surface area (Å²) in [5, 5.41) is 0. The highest BCUT2D eigenvalue weighted by atomic mass is 19.3. The number of alkyl halides is 2. The van der Waals surface area contributed by atoms with Crippen molar-refractivity contribution in [2.24, 2.45) is 0 Å². The fraction of sp³-hybridized carbons (Fsp3) is 0.500. The second kappa shape index (κ2) is 4.27. The Hall–Kier alpha value is -0.960. The highest BCUT2D eigenvalue weighted by Gasteiger charge is 2.18. The first-order chi connectivity index (χ1) is 7.15. The van der Waals surface area contributed by atoms with E-state index < -0.39 is 6.43 Å². The lowest BCUT2D eigenvalue weighted by Gasteiger charge is -2.28. The lowest BCUT2D eigenvalue weighted by atomic mass is 9.98. The molecule has 1 aromatic rings. The van der Waals surface area contributed by atoms with Gasteiger partial charge in [0.1, 0.15) is 0 Å². The fourth-order valence-corrected chi connectivity index (χ4v) is 2.09. The van der Waals surface area contributed by atoms with E-state index in [2.05, 4.69) is 19.1 Å². The van der Waals surface area contributed by atoms with Gasteiger partial charge in [0.05, 0.1) is 6.54 Å². The molecule has 0 fully saturated rings. The van der Waals surface area contributed by atoms with Crippen molar-refractivity contribution in [2.75, 3.05) is 13.1 Å². The lowest BCUT2D eigenvalue weighted by Crippen LogP contribution is -2.34. The number of rotatable bonds is 2. The molecule has 0 unspecified atom stereocenters. The van der Waals surface area contributed by atoms with Crippen molar-refractivity contribution in [3.05, 3.63) is 34.9 Å². The summed E-state index contributed by atoms with van der Waals surface area (Å²) in [6, 6.07) is 6.27. The summed E-state index contributed by atoms with van der Waals surface area (Å²) in [5.41, 5.74) is 3.77. The number of hydrogen-bond acceptors (Lipinski definition) is 1. The Balaban J connectivity index is 2.10. The van der Waals surface area contributed by atoms with Crippen LogP contribution in [-0.2, 0) is 13.0 Å². The van der Waals surface area contributed by atoms with Gasteiger partial charge in [0.15, 0.2) is 0 Å². The molecule has 0 aromatic heterocycles. The monoisotopic (exact) mass is 211 g/mol. The van der Waals surface area contributed by atoms with Gasteiger partial charge in [-0.15, -0.1) is 0 Å². The molecule has 0 N–H and O–H groups in total. The number of halogens is 2. The third-order valence-electron chi connectivity index (χ3n) is 2.85. The average molecular weight is 211 g/mol. The second-order valence-corrected chi connectivity index (χ2v) is 4.15. The third-order valence-corrected chi connectivity index (χ3v) is 2.85. The standard InChI is InChI=1S/C12H15F2N/c1-9-2-3-11-7-15(8-12(13)14)5-4-10(11)6-9/h2-3,6,12H,4-5,7-8H2,1H3. The molecule has 82 valence electrons. The van der Waals surface area contributed by atoms with Gasteiger partial charge in [-0.05, 0) is 24.5 Å². The number of aryl methyl sites for hydroxylation is 1. The predicted molar refractivity (Wildman–Crippen MR) is 56.2 cm³/mol. The van der Waals surface area contributed by atoms with Crippen molar-refractivity contribution in [3.8, 4) is 0 Å². The summed E-state index contributed by atoms with van der Waals surface area (Å²) in [5.74, 6) is 0. The van der Waals surface area contributed by atoms with Gasteiger partial charge in [-0.2, -0.15) is 0 Å². The van der Waals surface area contributed by atoms with Crippen molar-refractivity contribution in [1.82, 2.24) is 4.90 Å². The topological polar surface area (TPSA) is 3.24 Å². The molecule has 1 nitrogen and oxygen atoms in total. The van der Waals surface area contributed by atoms with Crippen LogP contribution >= 0.6 is 0 Å². The van der Waals surface area contributed by atoms with E-state index in [9.17, 15) is 8.78 Å². The maximum absolute atomic E-state index is 12.2. The Morgan fingerprint density at radius 3 is 2.87 bits per heavy atom. The Bertz CT molecular complexity index is 349. The third kappa shape index (κ3) is 2.53. The Labute approximate surface area is 88.7 Å². The molecule has 1 aliphatic heterocycles. The molecule has 1 aromatic carbocycles. The molecule has 3 heteroatoms. The number of nitrogens with zero attached hydrogens (tertiary/aromatic N) is 1. The van der Waals surface area contributed by atoms with Crippen molar-refractivity contribution in [3.63, 3.8) is 0 Å². The number of fused-ring (bicyclic) bond motifs is 1. The molecular formula is C12H15F2N. The highest BCUT2D eigenvalue weighted by Crippen LogP contribution is 2.20. The minimum atomic E-state index is -2.23. The van der Waals surface area contributed by atoms with Gasteiger partial charge in [0.25, 0.3) is 6.43 Å². The molecule has 0 bridgehead atoms. The molecule has 0 spiro atoms. The van der Waals surface area contributed by atoms with Crippen LogP contribution in [0.1, 0.15) is 16.7 Å². The molecule has 0 aliphatic carbocycles. The van der Waals surface area contributed by atoms with E-state index in [1.807, 2.05) is 11.0 Å². The van der Waals surface area contributed by atoms with Crippen LogP contribution in [0, 0.1) is 6.92 Å². The summed E-state index contributed by atoms with van der Waals surface area (Å²) >= 11 is 0. The first-order valence-electron chi connectivity index (χ1n) is 5.24. The van der Waals surface area contributed by atoms with E-state index in [1.54, 1.807) is 0 Å². The van der Waals surface area contributed by atoms with E-state index in [-0.39, 0.29) is 6.54 Å². The molecular weight excluding hydrogens is 196 g/mol. The van der Waals surface area contributed by atoms with E-state index in [1.165, 1.54) is 16.7 Å². The first-order valence-corrected chi connectivity index (χ1v) is 5.24. The van der Waals surface area contributed by atoms with E-state index >= 15 is 0 Å². The molecule has 2 rings (SSSR count). The molecule has 0 saturated heterocycles. The van der Waals surface area contributed by atoms with Gasteiger partial charge in [0.2, 0.25) is 0 Å². The molecule has 15 heavy (non-hydrogen) atoms. The van der Waals surface area contributed by atoms with Crippen molar-refractivity contribution in [1.29, 1.82) is 0 Å². The van der Waals surface area contributed by atoms with E-state index in [0.717, 1.165) is 13.0 Å². The zero-order valence-electron chi connectivity index (χ0n) is 8.84. The van der Waals surface area contributed by atoms with Crippen LogP contribution in [-0.4, -0.2) is 24.4 Å². The lowest BCUT2D eigenvalue weighted by molar-refractivity contribution is 0.0820. The Kier molecular flexibility index (Phi) is 3.00. The normalized spacial score (nSPS) is 16.8. The van der Waals surface area contributed by atoms with Gasteiger partial charge in [-0.1, -0.05) is 23.8 Å². The number of benzene rings is 1. The van der Waals surface area contributed by atoms with Crippen LogP contribution in [0.3, 0.4) is 0 Å². The highest BCUT2D eigenvalue weighted by molar-refractivity contribution is 5.33. The van der Waals surface area contributed by atoms with Crippen molar-refractivity contribution in [2.45, 2.75) is 26.3 Å². The number of hydrogen-bond donors (Lipinski definition) is 0. The smallest absolute Gasteiger partial charge is 0.251 e. The van der Waals surface area contributed by atoms with Crippen LogP contribution in [0.2, 0.25) is 0 Å². The molecule has 0 amide bonds. The summed E-state index contributed by atoms with van der Waals surface area (Å²) < 4.78 is 24.4. The van der Waals surface area contributed by atoms with Crippen LogP contribution in [0.15, 0.2) is 18.2 Å². The summed E-state index contributed by atoms with van der Waals surface area (Å²) in [6.45, 7) is 3.37. The van der Waals surface area contributed by atoms with Crippen LogP contribution in [0.25, 0.3) is 0 Å². The van der Waals surface area contributed by atoms with Crippen LogP contribution in [0.4, 0.5) is 8.78 Å². The van der Waals surface area contributed by atoms with Gasteiger partial charge in [0, 0.05) is 13.1 Å². The van der Waals surface area contributed by atoms with Crippen LogP contribution in [0.5, 0.6) is 0 Å². The SMILES string of the molecule is Cc1ccc2c(c1)CCN(CC(F)F)C2. The first kappa shape index (κ1) is 10.6. The largest absolute Gasteiger partial charge is 0.293 e. The minimum Gasteiger partial charge on any atom is -0.293 e. The van der Waals surface area contributed by atoms with Gasteiger partial charge in [-0.25, -0.2) is 8.78 Å². The Morgan fingerprint density at radius 1 is 1.33 bits per heavy atom. The summed E-state index contributed by atoms with van der Waals surface area (Å²) in [7, 11) is 0. The van der Waals surface area contributed by atoms with Gasteiger partial charge >= 0.3 is 0 Å². The fourth-order valence-electron chi connectivity index (χ4n) is 2.09. The predicted octanol–water partition coefficient (Wildman–Crippen LogP) is 2.62. The molecule has 1 aliphatic rings. The average Bonchev–Trinajstić information content (AvgIpc) is 2.17. The summed E-state index contributed by atoms with van der Waals surface area (Å²) in [6.07, 6.45) is -1.33. The quantitative estimate of drug-likeness (QED) is 0.726. The maximum Gasteiger partial charge on any atom is 0.251 e. The molecule has 1 heterocycles. The Morgan fingerprint density at radius 2 is 2.13 bits per heavy atom. The zero-order valence-corrected chi connectivity index (χ0v) is 8.84. The second-order valence-electron chi connectivity index (χ2n) is 4.15. The molecule has 0 saturated carbocycles. The molecule has 0 radical (unpaired) electrons. The van der Waals surface area contributed by atoms with Gasteiger partial charge in [-0.3, -0.25) is 4.90 Å². The van der Waals surface area contributed by atoms with Gasteiger partial charge < -0.3 is 0 Å². The molecule has 0 atom stereocenters. The van der Waals surface area contributed by atoms with E-state index in [0.29, 0.717) is 6.54 Å². The summed E-state index contributed by atoms with van der Waals surface area (Å²) in [4.78, 5) is 1.82. The zero-order chi connectivity index (χ0) is 10.8. The maximum atomic E-state index is 12.2.